The van der Waals surface area contributed by atoms with Crippen molar-refractivity contribution in [3.8, 4) is 5.75 Å². The fraction of sp³-hybridized carbons (Fsp3) is 0.600. The Bertz CT molecular complexity index is 599. The van der Waals surface area contributed by atoms with E-state index < -0.39 is 11.9 Å². The minimum atomic E-state index is -0.775. The highest BCUT2D eigenvalue weighted by atomic mass is 16.5. The molecule has 0 radical (unpaired) electrons. The lowest BCUT2D eigenvalue weighted by Gasteiger charge is -2.16. The van der Waals surface area contributed by atoms with Gasteiger partial charge >= 0.3 is 5.97 Å². The van der Waals surface area contributed by atoms with Gasteiger partial charge in [-0.1, -0.05) is 32.0 Å². The largest absolute Gasteiger partial charge is 0.483 e. The zero-order valence-electron chi connectivity index (χ0n) is 15.7. The van der Waals surface area contributed by atoms with E-state index in [9.17, 15) is 14.7 Å². The lowest BCUT2D eigenvalue weighted by molar-refractivity contribution is -0.142. The van der Waals surface area contributed by atoms with Crippen molar-refractivity contribution in [2.45, 2.75) is 39.7 Å². The Balaban J connectivity index is 1.79. The van der Waals surface area contributed by atoms with Crippen molar-refractivity contribution >= 4 is 11.9 Å². The number of carboxylic acid groups (broad SMARTS) is 1. The summed E-state index contributed by atoms with van der Waals surface area (Å²) in [6.45, 7) is 5.68. The molecule has 1 fully saturated rings. The van der Waals surface area contributed by atoms with Gasteiger partial charge in [0.2, 0.25) is 0 Å². The van der Waals surface area contributed by atoms with Crippen LogP contribution in [0.1, 0.15) is 38.7 Å². The summed E-state index contributed by atoms with van der Waals surface area (Å²) in [6, 6.07) is 7.51. The summed E-state index contributed by atoms with van der Waals surface area (Å²) < 4.78 is 5.65. The van der Waals surface area contributed by atoms with E-state index in [1.807, 2.05) is 38.1 Å². The summed E-state index contributed by atoms with van der Waals surface area (Å²) in [6.07, 6.45) is 3.04. The quantitative estimate of drug-likeness (QED) is 0.531. The minimum Gasteiger partial charge on any atom is -0.483 e. The van der Waals surface area contributed by atoms with E-state index in [0.717, 1.165) is 12.1 Å². The topological polar surface area (TPSA) is 87.7 Å². The van der Waals surface area contributed by atoms with Crippen LogP contribution in [0.15, 0.2) is 24.3 Å². The van der Waals surface area contributed by atoms with Gasteiger partial charge in [0, 0.05) is 25.2 Å². The highest BCUT2D eigenvalue weighted by Crippen LogP contribution is 2.27. The van der Waals surface area contributed by atoms with E-state index >= 15 is 0 Å². The molecule has 144 valence electrons. The molecular weight excluding hydrogens is 332 g/mol. The minimum absolute atomic E-state index is 0.00513. The van der Waals surface area contributed by atoms with Crippen LogP contribution >= 0.6 is 0 Å². The molecule has 6 nitrogen and oxygen atoms in total. The molecule has 0 spiro atoms. The summed E-state index contributed by atoms with van der Waals surface area (Å²) in [5.41, 5.74) is 0.913. The van der Waals surface area contributed by atoms with Gasteiger partial charge in [-0.3, -0.25) is 9.59 Å². The first-order valence-corrected chi connectivity index (χ1v) is 9.36. The number of hydrogen-bond acceptors (Lipinski definition) is 4. The van der Waals surface area contributed by atoms with E-state index in [0.29, 0.717) is 37.1 Å². The molecule has 1 amide bonds. The second kappa shape index (κ2) is 10.2. The second-order valence-electron chi connectivity index (χ2n) is 7.44. The average molecular weight is 362 g/mol. The molecule has 2 rings (SSSR count). The number of benzene rings is 1. The van der Waals surface area contributed by atoms with Crippen LogP contribution in [0, 0.1) is 17.8 Å². The Hall–Kier alpha value is -2.08. The van der Waals surface area contributed by atoms with Gasteiger partial charge in [0.25, 0.3) is 5.91 Å². The molecule has 1 unspecified atom stereocenters. The predicted molar refractivity (Wildman–Crippen MR) is 100.0 cm³/mol. The van der Waals surface area contributed by atoms with Gasteiger partial charge in [0.05, 0.1) is 5.92 Å². The maximum absolute atomic E-state index is 11.8. The Kier molecular flexibility index (Phi) is 7.91. The lowest BCUT2D eigenvalue weighted by atomic mass is 9.97. The van der Waals surface area contributed by atoms with Crippen LogP contribution in [0.25, 0.3) is 0 Å². The van der Waals surface area contributed by atoms with Crippen LogP contribution in [0.4, 0.5) is 0 Å². The number of amides is 1. The van der Waals surface area contributed by atoms with Crippen molar-refractivity contribution in [1.82, 2.24) is 10.6 Å². The maximum Gasteiger partial charge on any atom is 0.307 e. The van der Waals surface area contributed by atoms with Gasteiger partial charge in [-0.15, -0.1) is 0 Å². The standard InChI is InChI=1S/C20H30N2O4/c1-14(2)9-17(20(24)25)12-21-11-16-5-3-4-6-18(16)26-13-19(23)22-10-15-7-8-15/h3-6,14-15,17,21H,7-13H2,1-2H3,(H,22,23)(H,24,25). The number of para-hydroxylation sites is 1. The van der Waals surface area contributed by atoms with Crippen LogP contribution in [0.2, 0.25) is 0 Å². The molecule has 0 bridgehead atoms. The number of hydrogen-bond donors (Lipinski definition) is 3. The number of carbonyl (C=O) groups excluding carboxylic acids is 1. The highest BCUT2D eigenvalue weighted by molar-refractivity contribution is 5.77. The van der Waals surface area contributed by atoms with Crippen LogP contribution in [-0.4, -0.2) is 36.7 Å². The molecule has 3 N–H and O–H groups in total. The van der Waals surface area contributed by atoms with Crippen molar-refractivity contribution < 1.29 is 19.4 Å². The Labute approximate surface area is 155 Å². The number of carboxylic acids is 1. The molecule has 0 aliphatic heterocycles. The molecule has 1 aliphatic carbocycles. The molecule has 6 heteroatoms. The van der Waals surface area contributed by atoms with E-state index in [-0.39, 0.29) is 12.5 Å². The fourth-order valence-electron chi connectivity index (χ4n) is 2.79. The van der Waals surface area contributed by atoms with E-state index in [1.165, 1.54) is 12.8 Å². The van der Waals surface area contributed by atoms with Crippen molar-refractivity contribution in [3.63, 3.8) is 0 Å². The van der Waals surface area contributed by atoms with Crippen molar-refractivity contribution in [2.75, 3.05) is 19.7 Å². The number of aliphatic carboxylic acids is 1. The van der Waals surface area contributed by atoms with E-state index in [2.05, 4.69) is 10.6 Å². The van der Waals surface area contributed by atoms with Crippen molar-refractivity contribution in [2.24, 2.45) is 17.8 Å². The summed E-state index contributed by atoms with van der Waals surface area (Å²) in [5, 5.41) is 15.4. The maximum atomic E-state index is 11.8. The third kappa shape index (κ3) is 7.44. The third-order valence-corrected chi connectivity index (χ3v) is 4.43. The molecule has 1 aromatic carbocycles. The first kappa shape index (κ1) is 20.2. The van der Waals surface area contributed by atoms with Gasteiger partial charge in [0.15, 0.2) is 6.61 Å². The second-order valence-corrected chi connectivity index (χ2v) is 7.44. The average Bonchev–Trinajstić information content (AvgIpc) is 3.42. The van der Waals surface area contributed by atoms with Crippen LogP contribution < -0.4 is 15.4 Å². The van der Waals surface area contributed by atoms with Gasteiger partial charge in [-0.2, -0.15) is 0 Å². The molecule has 0 aromatic heterocycles. The number of rotatable bonds is 12. The monoisotopic (exact) mass is 362 g/mol. The number of nitrogens with one attached hydrogen (secondary N) is 2. The molecule has 26 heavy (non-hydrogen) atoms. The summed E-state index contributed by atoms with van der Waals surface area (Å²) in [7, 11) is 0. The summed E-state index contributed by atoms with van der Waals surface area (Å²) in [5.74, 6) is 0.338. The summed E-state index contributed by atoms with van der Waals surface area (Å²) >= 11 is 0. The molecule has 1 aromatic rings. The molecular formula is C20H30N2O4. The SMILES string of the molecule is CC(C)CC(CNCc1ccccc1OCC(=O)NCC1CC1)C(=O)O. The number of carbonyl (C=O) groups is 2. The highest BCUT2D eigenvalue weighted by Gasteiger charge is 2.21. The van der Waals surface area contributed by atoms with Crippen molar-refractivity contribution in [1.29, 1.82) is 0 Å². The molecule has 1 aliphatic rings. The summed E-state index contributed by atoms with van der Waals surface area (Å²) in [4.78, 5) is 23.2. The van der Waals surface area contributed by atoms with Gasteiger partial charge in [0.1, 0.15) is 5.75 Å². The van der Waals surface area contributed by atoms with Crippen LogP contribution in [0.5, 0.6) is 5.75 Å². The van der Waals surface area contributed by atoms with E-state index in [4.69, 9.17) is 4.74 Å². The fourth-order valence-corrected chi connectivity index (χ4v) is 2.79. The smallest absolute Gasteiger partial charge is 0.307 e. The predicted octanol–water partition coefficient (Wildman–Crippen LogP) is 2.43. The first-order valence-electron chi connectivity index (χ1n) is 9.36. The third-order valence-electron chi connectivity index (χ3n) is 4.43. The molecule has 1 saturated carbocycles. The first-order chi connectivity index (χ1) is 12.5. The van der Waals surface area contributed by atoms with Crippen LogP contribution in [-0.2, 0) is 16.1 Å². The van der Waals surface area contributed by atoms with Crippen LogP contribution in [0.3, 0.4) is 0 Å². The zero-order chi connectivity index (χ0) is 18.9. The zero-order valence-corrected chi connectivity index (χ0v) is 15.7. The van der Waals surface area contributed by atoms with E-state index in [1.54, 1.807) is 0 Å². The Morgan fingerprint density at radius 1 is 1.27 bits per heavy atom. The Morgan fingerprint density at radius 3 is 2.65 bits per heavy atom. The lowest BCUT2D eigenvalue weighted by Crippen LogP contribution is -2.31. The number of ether oxygens (including phenoxy) is 1. The van der Waals surface area contributed by atoms with Gasteiger partial charge in [-0.25, -0.2) is 0 Å². The van der Waals surface area contributed by atoms with Gasteiger partial charge in [-0.05, 0) is 37.2 Å². The molecule has 1 atom stereocenters. The normalized spacial score (nSPS) is 14.9. The van der Waals surface area contributed by atoms with Crippen molar-refractivity contribution in [3.05, 3.63) is 29.8 Å². The Morgan fingerprint density at radius 2 is 2.00 bits per heavy atom. The molecule has 0 heterocycles. The van der Waals surface area contributed by atoms with Gasteiger partial charge < -0.3 is 20.5 Å². The molecule has 0 saturated heterocycles.